The minimum atomic E-state index is -0.312. The van der Waals surface area contributed by atoms with Crippen molar-refractivity contribution in [2.75, 3.05) is 6.54 Å². The number of aliphatic imine (C=N–C) groups is 1. The molecule has 0 aromatic heterocycles. The number of hydrogen-bond acceptors (Lipinski definition) is 5. The van der Waals surface area contributed by atoms with E-state index in [1.807, 2.05) is 38.1 Å². The number of ketones is 1. The van der Waals surface area contributed by atoms with Gasteiger partial charge in [-0.1, -0.05) is 41.9 Å². The summed E-state index contributed by atoms with van der Waals surface area (Å²) < 4.78 is 0.908. The molecule has 0 unspecified atom stereocenters. The van der Waals surface area contributed by atoms with Gasteiger partial charge in [-0.2, -0.15) is 0 Å². The molecule has 170 valence electrons. The van der Waals surface area contributed by atoms with Gasteiger partial charge in [0, 0.05) is 23.9 Å². The second-order valence-electron chi connectivity index (χ2n) is 9.21. The quantitative estimate of drug-likeness (QED) is 0.394. The molecule has 0 radical (unpaired) electrons. The van der Waals surface area contributed by atoms with Crippen LogP contribution < -0.4 is 0 Å². The lowest BCUT2D eigenvalue weighted by molar-refractivity contribution is -0.118. The zero-order valence-corrected chi connectivity index (χ0v) is 20.2. The monoisotopic (exact) mass is 508 g/mol. The van der Waals surface area contributed by atoms with E-state index in [-0.39, 0.29) is 40.9 Å². The van der Waals surface area contributed by atoms with Gasteiger partial charge in [-0.05, 0) is 54.7 Å². The fourth-order valence-electron chi connectivity index (χ4n) is 4.37. The third-order valence-corrected chi connectivity index (χ3v) is 6.43. The summed E-state index contributed by atoms with van der Waals surface area (Å²) in [6.45, 7) is 4.11. The zero-order chi connectivity index (χ0) is 23.8. The number of rotatable bonds is 6. The normalized spacial score (nSPS) is 18.2. The van der Waals surface area contributed by atoms with Gasteiger partial charge in [0.15, 0.2) is 5.78 Å². The molecule has 2 aromatic carbocycles. The fourth-order valence-corrected chi connectivity index (χ4v) is 4.64. The second kappa shape index (κ2) is 9.06. The summed E-state index contributed by atoms with van der Waals surface area (Å²) in [5.41, 5.74) is 1.92. The first kappa shape index (κ1) is 23.1. The Kier molecular flexibility index (Phi) is 6.34. The van der Waals surface area contributed by atoms with Gasteiger partial charge >= 0.3 is 0 Å². The third kappa shape index (κ3) is 4.83. The maximum absolute atomic E-state index is 13.0. The molecule has 6 nitrogen and oxygen atoms in total. The zero-order valence-electron chi connectivity index (χ0n) is 18.6. The molecule has 1 aliphatic heterocycles. The van der Waals surface area contributed by atoms with Gasteiger partial charge in [0.25, 0.3) is 11.8 Å². The van der Waals surface area contributed by atoms with E-state index in [4.69, 9.17) is 0 Å². The highest BCUT2D eigenvalue weighted by Crippen LogP contribution is 2.37. The summed E-state index contributed by atoms with van der Waals surface area (Å²) in [7, 11) is 0. The molecule has 0 saturated heterocycles. The summed E-state index contributed by atoms with van der Waals surface area (Å²) in [4.78, 5) is 44.2. The van der Waals surface area contributed by atoms with Gasteiger partial charge in [0.1, 0.15) is 5.76 Å². The second-order valence-corrected chi connectivity index (χ2v) is 10.1. The van der Waals surface area contributed by atoms with Crippen LogP contribution in [0.3, 0.4) is 0 Å². The summed E-state index contributed by atoms with van der Waals surface area (Å²) in [6, 6.07) is 14.1. The Morgan fingerprint density at radius 3 is 2.18 bits per heavy atom. The van der Waals surface area contributed by atoms with E-state index in [2.05, 4.69) is 20.9 Å². The number of aliphatic hydroxyl groups is 1. The largest absolute Gasteiger partial charge is 0.511 e. The lowest BCUT2D eigenvalue weighted by Gasteiger charge is -2.30. The highest BCUT2D eigenvalue weighted by Gasteiger charge is 2.36. The minimum Gasteiger partial charge on any atom is -0.511 e. The Bertz CT molecular complexity index is 1160. The lowest BCUT2D eigenvalue weighted by atomic mass is 9.75. The Morgan fingerprint density at radius 1 is 1.00 bits per heavy atom. The third-order valence-electron chi connectivity index (χ3n) is 5.91. The first-order valence-electron chi connectivity index (χ1n) is 10.9. The summed E-state index contributed by atoms with van der Waals surface area (Å²) in [6.07, 6.45) is 1.49. The molecule has 33 heavy (non-hydrogen) atoms. The molecule has 2 aliphatic rings. The lowest BCUT2D eigenvalue weighted by Crippen LogP contribution is -2.32. The predicted molar refractivity (Wildman–Crippen MR) is 130 cm³/mol. The van der Waals surface area contributed by atoms with Crippen molar-refractivity contribution in [3.05, 3.63) is 75.5 Å². The van der Waals surface area contributed by atoms with Crippen molar-refractivity contribution in [3.8, 4) is 0 Å². The number of imide groups is 1. The molecule has 1 N–H and O–H groups in total. The molecule has 0 saturated carbocycles. The van der Waals surface area contributed by atoms with Crippen LogP contribution in [0.4, 0.5) is 5.69 Å². The van der Waals surface area contributed by atoms with Gasteiger partial charge in [-0.3, -0.25) is 24.3 Å². The number of carbonyl (C=O) groups excluding carboxylic acids is 3. The van der Waals surface area contributed by atoms with Crippen LogP contribution in [0.2, 0.25) is 0 Å². The minimum absolute atomic E-state index is 0.0489. The molecule has 1 heterocycles. The van der Waals surface area contributed by atoms with Crippen molar-refractivity contribution < 1.29 is 19.5 Å². The van der Waals surface area contributed by atoms with Crippen LogP contribution in [0.25, 0.3) is 0 Å². The van der Waals surface area contributed by atoms with Gasteiger partial charge in [0.05, 0.1) is 28.1 Å². The van der Waals surface area contributed by atoms with Crippen molar-refractivity contribution in [1.82, 2.24) is 4.90 Å². The van der Waals surface area contributed by atoms with E-state index in [9.17, 15) is 19.5 Å². The van der Waals surface area contributed by atoms with Crippen LogP contribution in [0, 0.1) is 5.41 Å². The van der Waals surface area contributed by atoms with E-state index in [1.165, 1.54) is 4.90 Å². The maximum Gasteiger partial charge on any atom is 0.261 e. The molecule has 0 fully saturated rings. The number of hydrogen-bond donors (Lipinski definition) is 1. The van der Waals surface area contributed by atoms with Crippen molar-refractivity contribution in [1.29, 1.82) is 0 Å². The van der Waals surface area contributed by atoms with Crippen molar-refractivity contribution in [3.63, 3.8) is 0 Å². The molecule has 2 amide bonds. The Morgan fingerprint density at radius 2 is 1.61 bits per heavy atom. The van der Waals surface area contributed by atoms with Gasteiger partial charge < -0.3 is 5.11 Å². The van der Waals surface area contributed by atoms with Crippen LogP contribution in [0.15, 0.2) is 69.3 Å². The average Bonchev–Trinajstić information content (AvgIpc) is 2.99. The molecule has 2 aromatic rings. The average molecular weight is 509 g/mol. The molecule has 4 rings (SSSR count). The molecular weight excluding hydrogens is 484 g/mol. The number of carbonyl (C=O) groups is 3. The Labute approximate surface area is 201 Å². The molecule has 0 bridgehead atoms. The first-order chi connectivity index (χ1) is 15.7. The summed E-state index contributed by atoms with van der Waals surface area (Å²) in [5.74, 6) is -0.702. The predicted octanol–water partition coefficient (Wildman–Crippen LogP) is 5.80. The number of benzene rings is 2. The number of allylic oxidation sites excluding steroid dienone is 2. The molecule has 1 aliphatic carbocycles. The van der Waals surface area contributed by atoms with Crippen molar-refractivity contribution >= 4 is 44.9 Å². The Balaban J connectivity index is 1.58. The van der Waals surface area contributed by atoms with E-state index in [1.54, 1.807) is 24.3 Å². The van der Waals surface area contributed by atoms with Gasteiger partial charge in [-0.15, -0.1) is 0 Å². The van der Waals surface area contributed by atoms with Crippen LogP contribution in [0.1, 0.15) is 60.2 Å². The van der Waals surface area contributed by atoms with E-state index < -0.39 is 0 Å². The Hall–Kier alpha value is -3.06. The van der Waals surface area contributed by atoms with Gasteiger partial charge in [-0.25, -0.2) is 0 Å². The highest BCUT2D eigenvalue weighted by molar-refractivity contribution is 9.10. The molecule has 7 heteroatoms. The van der Waals surface area contributed by atoms with Gasteiger partial charge in [0.2, 0.25) is 0 Å². The molecule has 0 spiro atoms. The van der Waals surface area contributed by atoms with Crippen LogP contribution in [-0.2, 0) is 4.79 Å². The van der Waals surface area contributed by atoms with Crippen LogP contribution in [0.5, 0.6) is 0 Å². The fraction of sp³-hybridized carbons (Fsp3) is 0.308. The molecular formula is C26H25BrN2O4. The topological polar surface area (TPSA) is 87.0 Å². The summed E-state index contributed by atoms with van der Waals surface area (Å²) in [5, 5.41) is 10.7. The smallest absolute Gasteiger partial charge is 0.261 e. The highest BCUT2D eigenvalue weighted by atomic mass is 79.9. The number of amides is 2. The van der Waals surface area contributed by atoms with E-state index in [0.29, 0.717) is 48.2 Å². The number of Topliss-reactive ketones (excluding diaryl/α,β-unsaturated/α-hetero) is 1. The van der Waals surface area contributed by atoms with Crippen LogP contribution in [-0.4, -0.2) is 39.9 Å². The van der Waals surface area contributed by atoms with Crippen molar-refractivity contribution in [2.45, 2.75) is 39.5 Å². The first-order valence-corrected chi connectivity index (χ1v) is 11.7. The van der Waals surface area contributed by atoms with E-state index in [0.717, 1.165) is 4.47 Å². The van der Waals surface area contributed by atoms with E-state index >= 15 is 0 Å². The van der Waals surface area contributed by atoms with Crippen molar-refractivity contribution in [2.24, 2.45) is 10.4 Å². The molecule has 0 atom stereocenters. The standard InChI is InChI=1S/C26H25BrN2O4/c1-26(2)14-21(30)23(22(31)15-26)20(28-17-11-9-16(27)10-12-17)8-5-13-29-24(32)18-6-3-4-7-19(18)25(29)33/h3-4,6-7,9-12,30H,5,8,13-15H2,1-2H3. The number of halogens is 1. The number of fused-ring (bicyclic) bond motifs is 1. The number of aliphatic hydroxyl groups excluding tert-OH is 1. The maximum atomic E-state index is 13.0. The summed E-state index contributed by atoms with van der Waals surface area (Å²) >= 11 is 3.40. The SMILES string of the molecule is CC1(C)CC(=O)C(C(CCCN2C(=O)c3ccccc3C2=O)=Nc2ccc(Br)cc2)=C(O)C1. The van der Waals surface area contributed by atoms with Crippen LogP contribution >= 0.6 is 15.9 Å². The number of nitrogens with zero attached hydrogens (tertiary/aromatic N) is 2.